The Morgan fingerprint density at radius 3 is 2.57 bits per heavy atom. The summed E-state index contributed by atoms with van der Waals surface area (Å²) in [6.07, 6.45) is 0.788. The summed E-state index contributed by atoms with van der Waals surface area (Å²) < 4.78 is 11.4. The molecule has 1 amide bonds. The van der Waals surface area contributed by atoms with Crippen molar-refractivity contribution in [2.45, 2.75) is 30.7 Å². The van der Waals surface area contributed by atoms with E-state index < -0.39 is 5.54 Å². The zero-order valence-corrected chi connectivity index (χ0v) is 13.1. The van der Waals surface area contributed by atoms with Gasteiger partial charge in [-0.25, -0.2) is 0 Å². The maximum Gasteiger partial charge on any atom is 0.246 e. The van der Waals surface area contributed by atoms with E-state index in [0.717, 1.165) is 28.4 Å². The monoisotopic (exact) mass is 308 g/mol. The Balaban J connectivity index is 2.10. The summed E-state index contributed by atoms with van der Waals surface area (Å²) in [5, 5.41) is 6.21. The number of hydrogen-bond donors (Lipinski definition) is 2. The SMILES string of the molecule is CCOc1cc2c(cc1OCC)C1(CCS2)NCNC1=O. The summed E-state index contributed by atoms with van der Waals surface area (Å²) in [6, 6.07) is 3.97. The third kappa shape index (κ3) is 2.36. The van der Waals surface area contributed by atoms with Crippen LogP contribution >= 0.6 is 11.8 Å². The molecule has 1 spiro atoms. The summed E-state index contributed by atoms with van der Waals surface area (Å²) in [6.45, 7) is 5.57. The molecule has 21 heavy (non-hydrogen) atoms. The highest BCUT2D eigenvalue weighted by Crippen LogP contribution is 2.46. The quantitative estimate of drug-likeness (QED) is 0.889. The van der Waals surface area contributed by atoms with Crippen molar-refractivity contribution in [3.63, 3.8) is 0 Å². The molecule has 1 aromatic carbocycles. The number of carbonyl (C=O) groups is 1. The summed E-state index contributed by atoms with van der Waals surface area (Å²) in [4.78, 5) is 13.4. The molecular weight excluding hydrogens is 288 g/mol. The van der Waals surface area contributed by atoms with Crippen molar-refractivity contribution in [2.75, 3.05) is 25.6 Å². The van der Waals surface area contributed by atoms with Crippen LogP contribution in [0.1, 0.15) is 25.8 Å². The van der Waals surface area contributed by atoms with Crippen LogP contribution in [0.4, 0.5) is 0 Å². The maximum absolute atomic E-state index is 12.3. The highest BCUT2D eigenvalue weighted by Gasteiger charge is 2.47. The second kappa shape index (κ2) is 5.77. The van der Waals surface area contributed by atoms with Crippen LogP contribution < -0.4 is 20.1 Å². The number of fused-ring (bicyclic) bond motifs is 2. The summed E-state index contributed by atoms with van der Waals surface area (Å²) in [7, 11) is 0. The third-order valence-corrected chi connectivity index (χ3v) is 4.92. The van der Waals surface area contributed by atoms with E-state index in [1.165, 1.54) is 0 Å². The van der Waals surface area contributed by atoms with Gasteiger partial charge in [-0.2, -0.15) is 0 Å². The Bertz CT molecular complexity index is 564. The summed E-state index contributed by atoms with van der Waals surface area (Å²) >= 11 is 1.76. The molecule has 1 fully saturated rings. The van der Waals surface area contributed by atoms with Crippen molar-refractivity contribution in [1.82, 2.24) is 10.6 Å². The Labute approximate surface area is 128 Å². The second-order valence-electron chi connectivity index (χ2n) is 5.02. The Morgan fingerprint density at radius 1 is 1.24 bits per heavy atom. The molecule has 1 aromatic rings. The molecule has 0 aliphatic carbocycles. The van der Waals surface area contributed by atoms with Crippen molar-refractivity contribution < 1.29 is 14.3 Å². The first-order chi connectivity index (χ1) is 10.2. The van der Waals surface area contributed by atoms with E-state index in [4.69, 9.17) is 9.47 Å². The fourth-order valence-electron chi connectivity index (χ4n) is 2.91. The fraction of sp³-hybridized carbons (Fsp3) is 0.533. The number of rotatable bonds is 4. The zero-order chi connectivity index (χ0) is 14.9. The topological polar surface area (TPSA) is 59.6 Å². The van der Waals surface area contributed by atoms with E-state index in [1.807, 2.05) is 26.0 Å². The van der Waals surface area contributed by atoms with Gasteiger partial charge in [0.05, 0.1) is 19.9 Å². The Morgan fingerprint density at radius 2 is 1.95 bits per heavy atom. The molecule has 2 heterocycles. The van der Waals surface area contributed by atoms with Crippen molar-refractivity contribution in [3.05, 3.63) is 17.7 Å². The van der Waals surface area contributed by atoms with Crippen molar-refractivity contribution in [3.8, 4) is 11.5 Å². The largest absolute Gasteiger partial charge is 0.490 e. The predicted octanol–water partition coefficient (Wildman–Crippen LogP) is 1.85. The van der Waals surface area contributed by atoms with Gasteiger partial charge in [0.25, 0.3) is 0 Å². The molecule has 2 aliphatic rings. The van der Waals surface area contributed by atoms with Crippen LogP contribution in [0.3, 0.4) is 0 Å². The molecule has 1 unspecified atom stereocenters. The molecule has 3 rings (SSSR count). The van der Waals surface area contributed by atoms with Gasteiger partial charge in [-0.05, 0) is 38.0 Å². The van der Waals surface area contributed by atoms with E-state index in [0.29, 0.717) is 25.6 Å². The average Bonchev–Trinajstić information content (AvgIpc) is 2.83. The number of carbonyl (C=O) groups excluding carboxylic acids is 1. The molecule has 0 bridgehead atoms. The standard InChI is InChI=1S/C15H20N2O3S/c1-3-19-11-7-10-13(8-12(11)20-4-2)21-6-5-15(10)14(18)16-9-17-15/h7-8,17H,3-6,9H2,1-2H3,(H,16,18). The molecule has 1 atom stereocenters. The van der Waals surface area contributed by atoms with Crippen LogP contribution in [0.5, 0.6) is 11.5 Å². The smallest absolute Gasteiger partial charge is 0.246 e. The summed E-state index contributed by atoms with van der Waals surface area (Å²) in [5.41, 5.74) is 0.387. The number of amides is 1. The molecule has 114 valence electrons. The average molecular weight is 308 g/mol. The molecule has 1 saturated heterocycles. The van der Waals surface area contributed by atoms with Gasteiger partial charge in [0.15, 0.2) is 11.5 Å². The van der Waals surface area contributed by atoms with Gasteiger partial charge in [0.2, 0.25) is 5.91 Å². The lowest BCUT2D eigenvalue weighted by Crippen LogP contribution is -2.45. The minimum absolute atomic E-state index is 0.0515. The van der Waals surface area contributed by atoms with Crippen molar-refractivity contribution in [2.24, 2.45) is 0 Å². The van der Waals surface area contributed by atoms with Crippen LogP contribution in [0.2, 0.25) is 0 Å². The first kappa shape index (κ1) is 14.5. The molecule has 0 aromatic heterocycles. The number of benzene rings is 1. The fourth-order valence-corrected chi connectivity index (χ4v) is 4.11. The maximum atomic E-state index is 12.3. The van der Waals surface area contributed by atoms with Crippen LogP contribution in [-0.2, 0) is 10.3 Å². The van der Waals surface area contributed by atoms with Gasteiger partial charge in [-0.3, -0.25) is 10.1 Å². The van der Waals surface area contributed by atoms with Gasteiger partial charge in [-0.1, -0.05) is 0 Å². The molecule has 2 aliphatic heterocycles. The van der Waals surface area contributed by atoms with Gasteiger partial charge < -0.3 is 14.8 Å². The van der Waals surface area contributed by atoms with Crippen molar-refractivity contribution in [1.29, 1.82) is 0 Å². The van der Waals surface area contributed by atoms with E-state index in [2.05, 4.69) is 10.6 Å². The second-order valence-corrected chi connectivity index (χ2v) is 6.16. The molecule has 0 radical (unpaired) electrons. The van der Waals surface area contributed by atoms with E-state index in [1.54, 1.807) is 11.8 Å². The zero-order valence-electron chi connectivity index (χ0n) is 12.3. The van der Waals surface area contributed by atoms with Gasteiger partial charge >= 0.3 is 0 Å². The molecule has 2 N–H and O–H groups in total. The number of ether oxygens (including phenoxy) is 2. The minimum Gasteiger partial charge on any atom is -0.490 e. The molecular formula is C15H20N2O3S. The van der Waals surface area contributed by atoms with Crippen LogP contribution in [0.15, 0.2) is 17.0 Å². The third-order valence-electron chi connectivity index (χ3n) is 3.87. The lowest BCUT2D eigenvalue weighted by Gasteiger charge is -2.33. The van der Waals surface area contributed by atoms with Gasteiger partial charge in [0, 0.05) is 10.6 Å². The molecule has 5 nitrogen and oxygen atoms in total. The van der Waals surface area contributed by atoms with E-state index in [-0.39, 0.29) is 5.91 Å². The lowest BCUT2D eigenvalue weighted by atomic mass is 9.86. The van der Waals surface area contributed by atoms with Crippen molar-refractivity contribution >= 4 is 17.7 Å². The first-order valence-electron chi connectivity index (χ1n) is 7.31. The minimum atomic E-state index is -0.614. The highest BCUT2D eigenvalue weighted by molar-refractivity contribution is 7.99. The van der Waals surface area contributed by atoms with E-state index >= 15 is 0 Å². The van der Waals surface area contributed by atoms with Crippen LogP contribution in [0, 0.1) is 0 Å². The van der Waals surface area contributed by atoms with Gasteiger partial charge in [0.1, 0.15) is 5.54 Å². The lowest BCUT2D eigenvalue weighted by molar-refractivity contribution is -0.124. The number of hydrogen-bond acceptors (Lipinski definition) is 5. The molecule has 6 heteroatoms. The van der Waals surface area contributed by atoms with E-state index in [9.17, 15) is 4.79 Å². The first-order valence-corrected chi connectivity index (χ1v) is 8.30. The predicted molar refractivity (Wildman–Crippen MR) is 81.9 cm³/mol. The summed E-state index contributed by atoms with van der Waals surface area (Å²) in [5.74, 6) is 2.42. The van der Waals surface area contributed by atoms with Crippen LogP contribution in [-0.4, -0.2) is 31.5 Å². The number of thioether (sulfide) groups is 1. The highest BCUT2D eigenvalue weighted by atomic mass is 32.2. The Hall–Kier alpha value is -1.40. The Kier molecular flexibility index (Phi) is 3.99. The normalized spacial score (nSPS) is 23.8. The van der Waals surface area contributed by atoms with Gasteiger partial charge in [-0.15, -0.1) is 11.8 Å². The van der Waals surface area contributed by atoms with Crippen LogP contribution in [0.25, 0.3) is 0 Å². The number of nitrogens with one attached hydrogen (secondary N) is 2. The molecule has 0 saturated carbocycles.